The second kappa shape index (κ2) is 5.16. The first-order valence-corrected chi connectivity index (χ1v) is 3.80. The monoisotopic (exact) mass is 219 g/mol. The van der Waals surface area contributed by atoms with Crippen molar-refractivity contribution in [2.24, 2.45) is 0 Å². The van der Waals surface area contributed by atoms with Crippen molar-refractivity contribution < 1.29 is 50.8 Å². The number of anilines is 1. The van der Waals surface area contributed by atoms with Gasteiger partial charge in [-0.1, -0.05) is 0 Å². The molecule has 0 fully saturated rings. The van der Waals surface area contributed by atoms with Gasteiger partial charge in [-0.15, -0.1) is 0 Å². The molecule has 0 heterocycles. The zero-order valence-corrected chi connectivity index (χ0v) is 10.4. The average molecular weight is 219 g/mol. The maximum Gasteiger partial charge on any atom is 1.00 e. The Morgan fingerprint density at radius 3 is 1.80 bits per heavy atom. The van der Waals surface area contributed by atoms with Gasteiger partial charge in [0.05, 0.1) is 11.1 Å². The summed E-state index contributed by atoms with van der Waals surface area (Å²) < 4.78 is 0. The fourth-order valence-electron chi connectivity index (χ4n) is 1.18. The number of carboxylic acids is 2. The molecule has 0 aliphatic rings. The van der Waals surface area contributed by atoms with Gasteiger partial charge in [-0.05, 0) is 24.6 Å². The average Bonchev–Trinajstić information content (AvgIpc) is 2.07. The van der Waals surface area contributed by atoms with E-state index in [4.69, 9.17) is 15.9 Å². The Hall–Kier alpha value is -1.04. The number of aromatic carboxylic acids is 2. The molecule has 0 unspecified atom stereocenters. The Bertz CT molecular complexity index is 387. The topological polar surface area (TPSA) is 101 Å². The Morgan fingerprint density at radius 2 is 1.53 bits per heavy atom. The Labute approximate surface area is 110 Å². The number of carbonyl (C=O) groups is 2. The summed E-state index contributed by atoms with van der Waals surface area (Å²) in [5, 5.41) is 17.5. The van der Waals surface area contributed by atoms with Crippen molar-refractivity contribution in [3.8, 4) is 0 Å². The molecule has 0 spiro atoms. The summed E-state index contributed by atoms with van der Waals surface area (Å²) in [6.45, 7) is 1.44. The van der Waals surface area contributed by atoms with E-state index in [1.165, 1.54) is 19.1 Å². The van der Waals surface area contributed by atoms with E-state index >= 15 is 0 Å². The van der Waals surface area contributed by atoms with E-state index in [-0.39, 0.29) is 53.4 Å². The van der Waals surface area contributed by atoms with E-state index in [0.717, 1.165) is 0 Å². The van der Waals surface area contributed by atoms with Gasteiger partial charge in [-0.25, -0.2) is 9.59 Å². The molecule has 0 atom stereocenters. The first-order valence-electron chi connectivity index (χ1n) is 3.80. The van der Waals surface area contributed by atoms with Crippen LogP contribution >= 0.6 is 0 Å². The summed E-state index contributed by atoms with van der Waals surface area (Å²) in [4.78, 5) is 21.4. The standard InChI is InChI=1S/C9H9NO4.Na.H/c1-4-6(8(11)12)2-5(10)3-7(4)9(13)14;;/h2-3H,10H2,1H3,(H,11,12)(H,13,14);;/q;+1;-1. The van der Waals surface area contributed by atoms with Crippen LogP contribution in [0.1, 0.15) is 27.7 Å². The van der Waals surface area contributed by atoms with Crippen molar-refractivity contribution in [2.45, 2.75) is 6.92 Å². The van der Waals surface area contributed by atoms with E-state index in [1.54, 1.807) is 0 Å². The normalized spacial score (nSPS) is 9.13. The van der Waals surface area contributed by atoms with Crippen LogP contribution in [0.2, 0.25) is 0 Å². The van der Waals surface area contributed by atoms with Crippen molar-refractivity contribution in [3.05, 3.63) is 28.8 Å². The van der Waals surface area contributed by atoms with Crippen LogP contribution in [0, 0.1) is 6.92 Å². The summed E-state index contributed by atoms with van der Waals surface area (Å²) in [7, 11) is 0. The molecule has 0 bridgehead atoms. The van der Waals surface area contributed by atoms with Crippen molar-refractivity contribution in [3.63, 3.8) is 0 Å². The first-order chi connectivity index (χ1) is 6.43. The fraction of sp³-hybridized carbons (Fsp3) is 0.111. The van der Waals surface area contributed by atoms with Crippen LogP contribution in [0.4, 0.5) is 5.69 Å². The molecule has 0 amide bonds. The minimum Gasteiger partial charge on any atom is -1.00 e. The van der Waals surface area contributed by atoms with Crippen LogP contribution in [0.25, 0.3) is 0 Å². The summed E-state index contributed by atoms with van der Waals surface area (Å²) in [5.74, 6) is -2.37. The zero-order chi connectivity index (χ0) is 10.9. The SMILES string of the molecule is Cc1c(C(=O)O)cc(N)cc1C(=O)O.[H-].[Na+]. The van der Waals surface area contributed by atoms with Crippen LogP contribution in [0.5, 0.6) is 0 Å². The maximum absolute atomic E-state index is 10.7. The van der Waals surface area contributed by atoms with Gasteiger partial charge in [0.2, 0.25) is 0 Å². The van der Waals surface area contributed by atoms with Gasteiger partial charge in [0.15, 0.2) is 0 Å². The second-order valence-electron chi connectivity index (χ2n) is 2.85. The molecule has 0 aromatic heterocycles. The molecule has 15 heavy (non-hydrogen) atoms. The smallest absolute Gasteiger partial charge is 1.00 e. The van der Waals surface area contributed by atoms with Gasteiger partial charge >= 0.3 is 41.5 Å². The van der Waals surface area contributed by atoms with Gasteiger partial charge in [0.1, 0.15) is 0 Å². The second-order valence-corrected chi connectivity index (χ2v) is 2.85. The van der Waals surface area contributed by atoms with Gasteiger partial charge < -0.3 is 17.4 Å². The van der Waals surface area contributed by atoms with Gasteiger partial charge in [-0.2, -0.15) is 0 Å². The van der Waals surface area contributed by atoms with Gasteiger partial charge in [0.25, 0.3) is 0 Å². The largest absolute Gasteiger partial charge is 1.00 e. The predicted molar refractivity (Wildman–Crippen MR) is 50.6 cm³/mol. The van der Waals surface area contributed by atoms with Crippen LogP contribution < -0.4 is 35.3 Å². The van der Waals surface area contributed by atoms with Gasteiger partial charge in [-0.3, -0.25) is 0 Å². The summed E-state index contributed by atoms with van der Waals surface area (Å²) >= 11 is 0. The Kier molecular flexibility index (Phi) is 4.80. The fourth-order valence-corrected chi connectivity index (χ4v) is 1.18. The number of nitrogen functional groups attached to an aromatic ring is 1. The molecule has 0 saturated carbocycles. The molecular weight excluding hydrogens is 209 g/mol. The molecule has 4 N–H and O–H groups in total. The number of carboxylic acid groups (broad SMARTS) is 2. The van der Waals surface area contributed by atoms with Crippen LogP contribution in [0.15, 0.2) is 12.1 Å². The summed E-state index contributed by atoms with van der Waals surface area (Å²) in [6, 6.07) is 2.48. The summed E-state index contributed by atoms with van der Waals surface area (Å²) in [5.41, 5.74) is 5.55. The third kappa shape index (κ3) is 2.95. The molecule has 0 aliphatic heterocycles. The molecule has 1 aromatic carbocycles. The van der Waals surface area contributed by atoms with E-state index in [0.29, 0.717) is 0 Å². The van der Waals surface area contributed by atoms with Crippen molar-refractivity contribution in [1.29, 1.82) is 0 Å². The predicted octanol–water partition coefficient (Wildman–Crippen LogP) is -1.91. The number of hydrogen-bond donors (Lipinski definition) is 3. The van der Waals surface area contributed by atoms with E-state index < -0.39 is 11.9 Å². The van der Waals surface area contributed by atoms with Crippen LogP contribution in [0.3, 0.4) is 0 Å². The number of nitrogens with two attached hydrogens (primary N) is 1. The minimum absolute atomic E-state index is 0. The van der Waals surface area contributed by atoms with Gasteiger partial charge in [0, 0.05) is 5.69 Å². The quantitative estimate of drug-likeness (QED) is 0.398. The number of rotatable bonds is 2. The minimum atomic E-state index is -1.18. The van der Waals surface area contributed by atoms with E-state index in [9.17, 15) is 9.59 Å². The molecule has 0 radical (unpaired) electrons. The molecule has 0 aliphatic carbocycles. The van der Waals surface area contributed by atoms with Crippen molar-refractivity contribution in [2.75, 3.05) is 5.73 Å². The zero-order valence-electron chi connectivity index (χ0n) is 9.44. The number of hydrogen-bond acceptors (Lipinski definition) is 3. The summed E-state index contributed by atoms with van der Waals surface area (Å²) in [6.07, 6.45) is 0. The molecule has 6 heteroatoms. The molecule has 76 valence electrons. The Balaban J connectivity index is 0. The molecule has 1 rings (SSSR count). The molecular formula is C9H10NNaO4. The Morgan fingerprint density at radius 1 is 1.20 bits per heavy atom. The van der Waals surface area contributed by atoms with Crippen LogP contribution in [-0.4, -0.2) is 22.2 Å². The first kappa shape index (κ1) is 14.0. The van der Waals surface area contributed by atoms with Crippen LogP contribution in [-0.2, 0) is 0 Å². The molecule has 1 aromatic rings. The third-order valence-electron chi connectivity index (χ3n) is 1.89. The molecule has 0 saturated heterocycles. The van der Waals surface area contributed by atoms with Crippen molar-refractivity contribution >= 4 is 17.6 Å². The maximum atomic E-state index is 10.7. The third-order valence-corrected chi connectivity index (χ3v) is 1.89. The number of benzene rings is 1. The van der Waals surface area contributed by atoms with E-state index in [1.807, 2.05) is 0 Å². The van der Waals surface area contributed by atoms with Crippen molar-refractivity contribution in [1.82, 2.24) is 0 Å². The van der Waals surface area contributed by atoms with E-state index in [2.05, 4.69) is 0 Å². The molecule has 5 nitrogen and oxygen atoms in total.